The Bertz CT molecular complexity index is 580. The first-order valence-electron chi connectivity index (χ1n) is 6.41. The first kappa shape index (κ1) is 14.1. The molecule has 0 aliphatic heterocycles. The zero-order valence-electron chi connectivity index (χ0n) is 12.3. The van der Waals surface area contributed by atoms with Crippen molar-refractivity contribution in [3.05, 3.63) is 23.7 Å². The summed E-state index contributed by atoms with van der Waals surface area (Å²) in [5.74, 6) is 3.20. The summed E-state index contributed by atoms with van der Waals surface area (Å²) < 4.78 is 5.54. The van der Waals surface area contributed by atoms with Crippen LogP contribution in [0.25, 0.3) is 0 Å². The number of nitrogens with two attached hydrogens (primary N) is 1. The lowest BCUT2D eigenvalue weighted by Crippen LogP contribution is -2.25. The lowest BCUT2D eigenvalue weighted by Gasteiger charge is -2.18. The molecule has 0 aromatic carbocycles. The van der Waals surface area contributed by atoms with Crippen molar-refractivity contribution in [3.63, 3.8) is 0 Å². The van der Waals surface area contributed by atoms with Gasteiger partial charge in [0, 0.05) is 34.1 Å². The summed E-state index contributed by atoms with van der Waals surface area (Å²) in [5, 5.41) is 0. The highest BCUT2D eigenvalue weighted by atomic mass is 16.3. The molecule has 0 saturated heterocycles. The van der Waals surface area contributed by atoms with Crippen LogP contribution in [-0.2, 0) is 6.42 Å². The highest BCUT2D eigenvalue weighted by molar-refractivity contribution is 5.42. The molecule has 2 heterocycles. The third kappa shape index (κ3) is 3.37. The number of hydrogen-bond acceptors (Lipinski definition) is 7. The Kier molecular flexibility index (Phi) is 4.07. The summed E-state index contributed by atoms with van der Waals surface area (Å²) in [6, 6.07) is 3.94. The topological polar surface area (TPSA) is 84.3 Å². The van der Waals surface area contributed by atoms with E-state index in [1.165, 1.54) is 0 Å². The van der Waals surface area contributed by atoms with E-state index < -0.39 is 0 Å². The largest absolute Gasteiger partial charge is 0.466 e. The molecule has 7 heteroatoms. The predicted octanol–water partition coefficient (Wildman–Crippen LogP) is 1.10. The van der Waals surface area contributed by atoms with Crippen molar-refractivity contribution < 1.29 is 4.42 Å². The van der Waals surface area contributed by atoms with Crippen LogP contribution in [0.1, 0.15) is 11.5 Å². The van der Waals surface area contributed by atoms with Gasteiger partial charge in [0.1, 0.15) is 11.5 Å². The van der Waals surface area contributed by atoms with E-state index in [2.05, 4.69) is 15.0 Å². The van der Waals surface area contributed by atoms with Gasteiger partial charge in [0.05, 0.1) is 0 Å². The molecule has 7 nitrogen and oxygen atoms in total. The number of furan rings is 1. The number of nitrogen functional groups attached to an aromatic ring is 1. The zero-order chi connectivity index (χ0) is 14.7. The average Bonchev–Trinajstić information content (AvgIpc) is 2.81. The molecule has 0 aliphatic carbocycles. The van der Waals surface area contributed by atoms with Gasteiger partial charge in [-0.05, 0) is 19.1 Å². The van der Waals surface area contributed by atoms with Gasteiger partial charge in [-0.25, -0.2) is 0 Å². The van der Waals surface area contributed by atoms with E-state index in [0.29, 0.717) is 11.9 Å². The Balaban J connectivity index is 2.06. The van der Waals surface area contributed by atoms with Crippen molar-refractivity contribution in [3.8, 4) is 0 Å². The van der Waals surface area contributed by atoms with Crippen molar-refractivity contribution in [1.82, 2.24) is 15.0 Å². The fraction of sp³-hybridized carbons (Fsp3) is 0.462. The maximum atomic E-state index is 5.71. The number of anilines is 3. The molecular formula is C13H20N6O. The molecule has 0 fully saturated rings. The van der Waals surface area contributed by atoms with Crippen molar-refractivity contribution in [2.75, 3.05) is 43.2 Å². The molecular weight excluding hydrogens is 256 g/mol. The first-order valence-corrected chi connectivity index (χ1v) is 6.41. The van der Waals surface area contributed by atoms with Crippen LogP contribution in [0.5, 0.6) is 0 Å². The van der Waals surface area contributed by atoms with Crippen LogP contribution < -0.4 is 15.5 Å². The Morgan fingerprint density at radius 3 is 2.40 bits per heavy atom. The van der Waals surface area contributed by atoms with E-state index in [9.17, 15) is 0 Å². The highest BCUT2D eigenvalue weighted by Gasteiger charge is 2.11. The molecule has 0 unspecified atom stereocenters. The molecule has 0 radical (unpaired) electrons. The second-order valence-electron chi connectivity index (χ2n) is 4.87. The summed E-state index contributed by atoms with van der Waals surface area (Å²) in [6.07, 6.45) is 0.785. The lowest BCUT2D eigenvalue weighted by atomic mass is 10.3. The number of nitrogens with zero attached hydrogens (tertiary/aromatic N) is 5. The van der Waals surface area contributed by atoms with Crippen molar-refractivity contribution in [2.24, 2.45) is 0 Å². The Morgan fingerprint density at radius 2 is 1.80 bits per heavy atom. The van der Waals surface area contributed by atoms with Crippen molar-refractivity contribution >= 4 is 17.8 Å². The molecule has 0 saturated carbocycles. The second kappa shape index (κ2) is 5.77. The number of rotatable bonds is 5. The van der Waals surface area contributed by atoms with Crippen LogP contribution in [0, 0.1) is 6.92 Å². The number of aryl methyl sites for hydroxylation is 1. The first-order chi connectivity index (χ1) is 9.45. The van der Waals surface area contributed by atoms with E-state index in [1.54, 1.807) is 4.90 Å². The number of aromatic nitrogens is 3. The quantitative estimate of drug-likeness (QED) is 0.875. The van der Waals surface area contributed by atoms with Gasteiger partial charge in [-0.1, -0.05) is 0 Å². The van der Waals surface area contributed by atoms with Crippen molar-refractivity contribution in [2.45, 2.75) is 13.3 Å². The molecule has 2 aromatic rings. The molecule has 2 N–H and O–H groups in total. The molecule has 2 rings (SSSR count). The van der Waals surface area contributed by atoms with Gasteiger partial charge in [-0.15, -0.1) is 0 Å². The predicted molar refractivity (Wildman–Crippen MR) is 79.0 cm³/mol. The minimum absolute atomic E-state index is 0.222. The SMILES string of the molecule is Cc1ccc(CCN(C)c2nc(N)nc(N(C)C)n2)o1. The number of hydrogen-bond donors (Lipinski definition) is 1. The molecule has 0 atom stereocenters. The van der Waals surface area contributed by atoms with Crippen LogP contribution >= 0.6 is 0 Å². The van der Waals surface area contributed by atoms with Crippen LogP contribution in [0.2, 0.25) is 0 Å². The van der Waals surface area contributed by atoms with E-state index in [1.807, 2.05) is 45.1 Å². The summed E-state index contributed by atoms with van der Waals surface area (Å²) >= 11 is 0. The fourth-order valence-electron chi connectivity index (χ4n) is 1.74. The summed E-state index contributed by atoms with van der Waals surface area (Å²) in [5.41, 5.74) is 5.71. The standard InChI is InChI=1S/C13H20N6O/c1-9-5-6-10(20-9)7-8-19(4)13-16-11(14)15-12(17-13)18(2)3/h5-6H,7-8H2,1-4H3,(H2,14,15,16,17). The van der Waals surface area contributed by atoms with Crippen molar-refractivity contribution in [1.29, 1.82) is 0 Å². The second-order valence-corrected chi connectivity index (χ2v) is 4.87. The van der Waals surface area contributed by atoms with Crippen LogP contribution in [0.3, 0.4) is 0 Å². The van der Waals surface area contributed by atoms with Gasteiger partial charge in [-0.3, -0.25) is 0 Å². The molecule has 108 valence electrons. The van der Waals surface area contributed by atoms with Gasteiger partial charge in [0.2, 0.25) is 17.8 Å². The molecule has 0 amide bonds. The zero-order valence-corrected chi connectivity index (χ0v) is 12.3. The monoisotopic (exact) mass is 276 g/mol. The van der Waals surface area contributed by atoms with E-state index >= 15 is 0 Å². The van der Waals surface area contributed by atoms with Crippen LogP contribution in [0.15, 0.2) is 16.5 Å². The summed E-state index contributed by atoms with van der Waals surface area (Å²) in [4.78, 5) is 16.3. The van der Waals surface area contributed by atoms with E-state index in [4.69, 9.17) is 10.2 Å². The van der Waals surface area contributed by atoms with Gasteiger partial charge in [0.15, 0.2) is 0 Å². The van der Waals surface area contributed by atoms with Gasteiger partial charge in [-0.2, -0.15) is 15.0 Å². The molecule has 20 heavy (non-hydrogen) atoms. The molecule has 0 spiro atoms. The van der Waals surface area contributed by atoms with Crippen LogP contribution in [0.4, 0.5) is 17.8 Å². The number of likely N-dealkylation sites (N-methyl/N-ethyl adjacent to an activating group) is 1. The molecule has 2 aromatic heterocycles. The normalized spacial score (nSPS) is 10.6. The van der Waals surface area contributed by atoms with Gasteiger partial charge < -0.3 is 20.0 Å². The maximum Gasteiger partial charge on any atom is 0.231 e. The summed E-state index contributed by atoms with van der Waals surface area (Å²) in [6.45, 7) is 2.67. The Labute approximate surface area is 118 Å². The smallest absolute Gasteiger partial charge is 0.231 e. The average molecular weight is 276 g/mol. The van der Waals surface area contributed by atoms with Gasteiger partial charge in [0.25, 0.3) is 0 Å². The third-order valence-corrected chi connectivity index (χ3v) is 2.86. The van der Waals surface area contributed by atoms with E-state index in [-0.39, 0.29) is 5.95 Å². The maximum absolute atomic E-state index is 5.71. The van der Waals surface area contributed by atoms with Gasteiger partial charge >= 0.3 is 0 Å². The Morgan fingerprint density at radius 1 is 1.10 bits per heavy atom. The Hall–Kier alpha value is -2.31. The van der Waals surface area contributed by atoms with E-state index in [0.717, 1.165) is 24.5 Å². The van der Waals surface area contributed by atoms with Crippen LogP contribution in [-0.4, -0.2) is 42.6 Å². The minimum atomic E-state index is 0.222. The fourth-order valence-corrected chi connectivity index (χ4v) is 1.74. The lowest BCUT2D eigenvalue weighted by molar-refractivity contribution is 0.482. The summed E-state index contributed by atoms with van der Waals surface area (Å²) in [7, 11) is 5.65. The molecule has 0 bridgehead atoms. The molecule has 0 aliphatic rings. The third-order valence-electron chi connectivity index (χ3n) is 2.86. The minimum Gasteiger partial charge on any atom is -0.466 e. The highest BCUT2D eigenvalue weighted by Crippen LogP contribution is 2.13.